The molecule has 2 N–H and O–H groups in total. The number of anilines is 2. The molecule has 1 aliphatic heterocycles. The summed E-state index contributed by atoms with van der Waals surface area (Å²) in [5, 5.41) is 5.68. The van der Waals surface area contributed by atoms with Crippen molar-refractivity contribution in [3.8, 4) is 0 Å². The molecule has 2 aromatic carbocycles. The lowest BCUT2D eigenvalue weighted by molar-refractivity contribution is -0.130. The van der Waals surface area contributed by atoms with E-state index in [4.69, 9.17) is 0 Å². The molecule has 0 spiro atoms. The average molecular weight is 434 g/mol. The smallest absolute Gasteiger partial charge is 0.243 e. The number of nitrogens with one attached hydrogen (secondary N) is 2. The molecule has 0 unspecified atom stereocenters. The Morgan fingerprint density at radius 1 is 1.00 bits per heavy atom. The first-order valence-corrected chi connectivity index (χ1v) is 10.8. The summed E-state index contributed by atoms with van der Waals surface area (Å²) in [6, 6.07) is 11.9. The van der Waals surface area contributed by atoms with Gasteiger partial charge in [0.1, 0.15) is 5.82 Å². The number of rotatable bonds is 6. The normalized spacial score (nSPS) is 14.9. The maximum atomic E-state index is 13.4. The first-order chi connectivity index (χ1) is 14.3. The van der Waals surface area contributed by atoms with Crippen molar-refractivity contribution in [1.82, 2.24) is 9.21 Å². The Bertz CT molecular complexity index is 1040. The molecule has 0 aromatic heterocycles. The summed E-state index contributed by atoms with van der Waals surface area (Å²) in [5.74, 6) is -0.962. The van der Waals surface area contributed by atoms with Gasteiger partial charge < -0.3 is 15.5 Å². The van der Waals surface area contributed by atoms with Crippen molar-refractivity contribution >= 4 is 33.2 Å². The third-order valence-corrected chi connectivity index (χ3v) is 6.55. The molecule has 8 nitrogen and oxygen atoms in total. The Morgan fingerprint density at radius 3 is 2.33 bits per heavy atom. The van der Waals surface area contributed by atoms with Gasteiger partial charge in [-0.1, -0.05) is 12.1 Å². The van der Waals surface area contributed by atoms with Crippen LogP contribution in [0.1, 0.15) is 6.92 Å². The standard InChI is InChI=1S/C20H23FN4O4S/c1-15(26)23-18-6-3-5-17(13-18)22-14-20(27)24-8-10-25(11-9-24)30(28,29)19-7-2-4-16(21)12-19/h2-7,12-13,22H,8-11,14H2,1H3,(H,23,26). The van der Waals surface area contributed by atoms with E-state index in [-0.39, 0.29) is 49.4 Å². The van der Waals surface area contributed by atoms with Crippen LogP contribution in [-0.2, 0) is 19.6 Å². The number of hydrogen-bond donors (Lipinski definition) is 2. The van der Waals surface area contributed by atoms with Gasteiger partial charge >= 0.3 is 0 Å². The lowest BCUT2D eigenvalue weighted by atomic mass is 10.2. The highest BCUT2D eigenvalue weighted by Crippen LogP contribution is 2.19. The van der Waals surface area contributed by atoms with E-state index in [0.29, 0.717) is 11.4 Å². The molecule has 0 radical (unpaired) electrons. The molecule has 10 heteroatoms. The van der Waals surface area contributed by atoms with Crippen LogP contribution in [-0.4, -0.2) is 62.2 Å². The lowest BCUT2D eigenvalue weighted by Gasteiger charge is -2.34. The van der Waals surface area contributed by atoms with Gasteiger partial charge in [-0.05, 0) is 36.4 Å². The zero-order chi connectivity index (χ0) is 21.7. The molecule has 2 aromatic rings. The maximum Gasteiger partial charge on any atom is 0.243 e. The maximum absolute atomic E-state index is 13.4. The van der Waals surface area contributed by atoms with Crippen molar-refractivity contribution in [1.29, 1.82) is 0 Å². The van der Waals surface area contributed by atoms with E-state index in [1.54, 1.807) is 29.2 Å². The molecule has 1 saturated heterocycles. The molecule has 0 atom stereocenters. The van der Waals surface area contributed by atoms with Crippen LogP contribution in [0.5, 0.6) is 0 Å². The number of hydrogen-bond acceptors (Lipinski definition) is 5. The number of benzene rings is 2. The Morgan fingerprint density at radius 2 is 1.67 bits per heavy atom. The van der Waals surface area contributed by atoms with Crippen LogP contribution < -0.4 is 10.6 Å². The summed E-state index contributed by atoms with van der Waals surface area (Å²) in [7, 11) is -3.80. The van der Waals surface area contributed by atoms with Gasteiger partial charge in [0.25, 0.3) is 0 Å². The second-order valence-corrected chi connectivity index (χ2v) is 8.80. The van der Waals surface area contributed by atoms with Crippen LogP contribution >= 0.6 is 0 Å². The predicted octanol–water partition coefficient (Wildman–Crippen LogP) is 1.73. The largest absolute Gasteiger partial charge is 0.376 e. The minimum atomic E-state index is -3.80. The van der Waals surface area contributed by atoms with Crippen molar-refractivity contribution in [3.63, 3.8) is 0 Å². The minimum absolute atomic E-state index is 0.0418. The van der Waals surface area contributed by atoms with Gasteiger partial charge in [0.15, 0.2) is 0 Å². The third kappa shape index (κ3) is 5.33. The number of nitrogens with zero attached hydrogens (tertiary/aromatic N) is 2. The summed E-state index contributed by atoms with van der Waals surface area (Å²) >= 11 is 0. The average Bonchev–Trinajstić information content (AvgIpc) is 2.72. The molecule has 1 aliphatic rings. The first-order valence-electron chi connectivity index (χ1n) is 9.41. The minimum Gasteiger partial charge on any atom is -0.376 e. The summed E-state index contributed by atoms with van der Waals surface area (Å²) in [6.07, 6.45) is 0. The number of piperazine rings is 1. The van der Waals surface area contributed by atoms with E-state index < -0.39 is 15.8 Å². The molecule has 0 saturated carbocycles. The number of carbonyl (C=O) groups is 2. The van der Waals surface area contributed by atoms with Crippen molar-refractivity contribution in [2.75, 3.05) is 43.4 Å². The number of carbonyl (C=O) groups excluding carboxylic acids is 2. The van der Waals surface area contributed by atoms with Crippen LogP contribution in [0.4, 0.5) is 15.8 Å². The summed E-state index contributed by atoms with van der Waals surface area (Å²) in [5.41, 5.74) is 1.30. The van der Waals surface area contributed by atoms with E-state index in [9.17, 15) is 22.4 Å². The highest BCUT2D eigenvalue weighted by molar-refractivity contribution is 7.89. The number of halogens is 1. The quantitative estimate of drug-likeness (QED) is 0.722. The molecule has 1 fully saturated rings. The predicted molar refractivity (Wildman–Crippen MR) is 111 cm³/mol. The van der Waals surface area contributed by atoms with Gasteiger partial charge in [0.05, 0.1) is 11.4 Å². The molecule has 2 amide bonds. The topological polar surface area (TPSA) is 98.8 Å². The van der Waals surface area contributed by atoms with E-state index in [2.05, 4.69) is 10.6 Å². The van der Waals surface area contributed by atoms with Crippen LogP contribution in [0.3, 0.4) is 0 Å². The van der Waals surface area contributed by atoms with E-state index in [0.717, 1.165) is 6.07 Å². The highest BCUT2D eigenvalue weighted by Gasteiger charge is 2.30. The Kier molecular flexibility index (Phi) is 6.68. The molecule has 160 valence electrons. The monoisotopic (exact) mass is 434 g/mol. The molecule has 0 aliphatic carbocycles. The fraction of sp³-hybridized carbons (Fsp3) is 0.300. The van der Waals surface area contributed by atoms with Crippen LogP contribution in [0.25, 0.3) is 0 Å². The van der Waals surface area contributed by atoms with E-state index in [1.807, 2.05) is 0 Å². The number of amides is 2. The van der Waals surface area contributed by atoms with Gasteiger partial charge in [-0.2, -0.15) is 4.31 Å². The Labute approximate surface area is 174 Å². The van der Waals surface area contributed by atoms with Gasteiger partial charge in [-0.15, -0.1) is 0 Å². The van der Waals surface area contributed by atoms with Crippen LogP contribution in [0.15, 0.2) is 53.4 Å². The zero-order valence-electron chi connectivity index (χ0n) is 16.5. The van der Waals surface area contributed by atoms with Crippen molar-refractivity contribution in [2.24, 2.45) is 0 Å². The van der Waals surface area contributed by atoms with Crippen LogP contribution in [0.2, 0.25) is 0 Å². The number of sulfonamides is 1. The Balaban J connectivity index is 1.54. The highest BCUT2D eigenvalue weighted by atomic mass is 32.2. The van der Waals surface area contributed by atoms with Gasteiger partial charge in [-0.25, -0.2) is 12.8 Å². The summed E-state index contributed by atoms with van der Waals surface area (Å²) in [6.45, 7) is 2.24. The van der Waals surface area contributed by atoms with Crippen molar-refractivity contribution in [3.05, 3.63) is 54.3 Å². The van der Waals surface area contributed by atoms with Crippen molar-refractivity contribution in [2.45, 2.75) is 11.8 Å². The first kappa shape index (κ1) is 21.7. The second kappa shape index (κ2) is 9.23. The van der Waals surface area contributed by atoms with Gasteiger partial charge in [0, 0.05) is 44.5 Å². The zero-order valence-corrected chi connectivity index (χ0v) is 17.3. The third-order valence-electron chi connectivity index (χ3n) is 4.65. The fourth-order valence-corrected chi connectivity index (χ4v) is 4.61. The molecule has 1 heterocycles. The molecule has 30 heavy (non-hydrogen) atoms. The van der Waals surface area contributed by atoms with E-state index >= 15 is 0 Å². The fourth-order valence-electron chi connectivity index (χ4n) is 3.15. The Hall–Kier alpha value is -2.98. The SMILES string of the molecule is CC(=O)Nc1cccc(NCC(=O)N2CCN(S(=O)(=O)c3cccc(F)c3)CC2)c1. The lowest BCUT2D eigenvalue weighted by Crippen LogP contribution is -2.51. The molecule has 3 rings (SSSR count). The van der Waals surface area contributed by atoms with Crippen molar-refractivity contribution < 1.29 is 22.4 Å². The molecular formula is C20H23FN4O4S. The molecular weight excluding hydrogens is 411 g/mol. The molecule has 0 bridgehead atoms. The van der Waals surface area contributed by atoms with E-state index in [1.165, 1.54) is 29.4 Å². The van der Waals surface area contributed by atoms with Crippen LogP contribution in [0, 0.1) is 5.82 Å². The van der Waals surface area contributed by atoms with Gasteiger partial charge in [-0.3, -0.25) is 9.59 Å². The second-order valence-electron chi connectivity index (χ2n) is 6.86. The summed E-state index contributed by atoms with van der Waals surface area (Å²) < 4.78 is 39.9. The van der Waals surface area contributed by atoms with Gasteiger partial charge in [0.2, 0.25) is 21.8 Å². The summed E-state index contributed by atoms with van der Waals surface area (Å²) in [4.78, 5) is 25.1.